The number of hydrogen-bond donors (Lipinski definition) is 0. The molecular weight excluding hydrogens is 132 g/mol. The van der Waals surface area contributed by atoms with Crippen LogP contribution in [0.2, 0.25) is 0 Å². The summed E-state index contributed by atoms with van der Waals surface area (Å²) in [6.45, 7) is 1.29. The van der Waals surface area contributed by atoms with E-state index in [1.165, 1.54) is 19.3 Å². The molecule has 51 valence electrons. The van der Waals surface area contributed by atoms with E-state index in [9.17, 15) is 4.79 Å². The minimum Gasteiger partial charge on any atom is -0.391 e. The first kappa shape index (κ1) is 6.67. The van der Waals surface area contributed by atoms with Crippen LogP contribution in [-0.4, -0.2) is 15.9 Å². The molecule has 1 radical (unpaired) electrons. The largest absolute Gasteiger partial charge is 0.391 e. The number of rotatable bonds is 1. The van der Waals surface area contributed by atoms with Crippen molar-refractivity contribution in [3.8, 4) is 6.01 Å². The predicted molar refractivity (Wildman–Crippen MR) is 32.2 cm³/mol. The molecule has 1 rings (SSSR count). The normalized spacial score (nSPS) is 8.90. The molecule has 0 N–H and O–H groups in total. The van der Waals surface area contributed by atoms with Crippen LogP contribution in [0, 0.1) is 6.07 Å². The van der Waals surface area contributed by atoms with E-state index in [1.54, 1.807) is 0 Å². The molecule has 0 saturated heterocycles. The second-order valence-corrected chi connectivity index (χ2v) is 1.56. The first-order chi connectivity index (χ1) is 4.79. The summed E-state index contributed by atoms with van der Waals surface area (Å²) in [6.07, 6.45) is 2.76. The zero-order valence-electron chi connectivity index (χ0n) is 5.37. The van der Waals surface area contributed by atoms with E-state index in [-0.39, 0.29) is 6.01 Å². The van der Waals surface area contributed by atoms with Gasteiger partial charge in [-0.15, -0.1) is 0 Å². The lowest BCUT2D eigenvalue weighted by atomic mass is 10.7. The van der Waals surface area contributed by atoms with E-state index >= 15 is 0 Å². The van der Waals surface area contributed by atoms with Crippen molar-refractivity contribution >= 4 is 5.97 Å². The molecule has 0 aliphatic rings. The van der Waals surface area contributed by atoms with E-state index in [2.05, 4.69) is 20.8 Å². The summed E-state index contributed by atoms with van der Waals surface area (Å²) >= 11 is 0. The molecule has 4 heteroatoms. The zero-order valence-corrected chi connectivity index (χ0v) is 5.37. The minimum absolute atomic E-state index is 0.0613. The molecular formula is C6H5N2O2. The third-order valence-electron chi connectivity index (χ3n) is 0.734. The Hall–Kier alpha value is -1.45. The SMILES string of the molecule is CC(=O)Oc1nc[c]cn1. The maximum atomic E-state index is 10.3. The Balaban J connectivity index is 2.67. The van der Waals surface area contributed by atoms with Gasteiger partial charge in [0.05, 0.1) is 0 Å². The van der Waals surface area contributed by atoms with Crippen molar-refractivity contribution in [1.29, 1.82) is 0 Å². The van der Waals surface area contributed by atoms with Crippen molar-refractivity contribution in [3.05, 3.63) is 18.5 Å². The molecule has 0 amide bonds. The van der Waals surface area contributed by atoms with Gasteiger partial charge in [-0.05, 0) is 0 Å². The Morgan fingerprint density at radius 3 is 2.70 bits per heavy atom. The number of carbonyl (C=O) groups is 1. The molecule has 0 saturated carbocycles. The number of nitrogens with zero attached hydrogens (tertiary/aromatic N) is 2. The molecule has 1 heterocycles. The van der Waals surface area contributed by atoms with Gasteiger partial charge in [0.15, 0.2) is 0 Å². The summed E-state index contributed by atoms with van der Waals surface area (Å²) < 4.78 is 4.53. The average molecular weight is 137 g/mol. The third kappa shape index (κ3) is 1.81. The van der Waals surface area contributed by atoms with Crippen LogP contribution >= 0.6 is 0 Å². The second-order valence-electron chi connectivity index (χ2n) is 1.56. The average Bonchev–Trinajstić information content (AvgIpc) is 1.88. The molecule has 0 bridgehead atoms. The first-order valence-corrected chi connectivity index (χ1v) is 2.65. The summed E-state index contributed by atoms with van der Waals surface area (Å²) in [6, 6.07) is 2.65. The fraction of sp³-hybridized carbons (Fsp3) is 0.167. The molecule has 4 nitrogen and oxygen atoms in total. The Bertz CT molecular complexity index is 222. The Labute approximate surface area is 57.9 Å². The van der Waals surface area contributed by atoms with E-state index in [0.717, 1.165) is 0 Å². The highest BCUT2D eigenvalue weighted by molar-refractivity contribution is 5.68. The lowest BCUT2D eigenvalue weighted by molar-refractivity contribution is -0.132. The summed E-state index contributed by atoms with van der Waals surface area (Å²) in [5.74, 6) is -0.425. The molecule has 1 aromatic heterocycles. The molecule has 0 aliphatic heterocycles. The van der Waals surface area contributed by atoms with Crippen LogP contribution in [0.5, 0.6) is 6.01 Å². The van der Waals surface area contributed by atoms with Crippen LogP contribution in [0.25, 0.3) is 0 Å². The Kier molecular flexibility index (Phi) is 1.94. The Morgan fingerprint density at radius 1 is 1.60 bits per heavy atom. The van der Waals surface area contributed by atoms with Crippen molar-refractivity contribution < 1.29 is 9.53 Å². The molecule has 0 fully saturated rings. The zero-order chi connectivity index (χ0) is 7.40. The van der Waals surface area contributed by atoms with Gasteiger partial charge in [0.25, 0.3) is 0 Å². The van der Waals surface area contributed by atoms with Crippen molar-refractivity contribution in [3.63, 3.8) is 0 Å². The summed E-state index contributed by atoms with van der Waals surface area (Å²) in [4.78, 5) is 17.5. The number of aromatic nitrogens is 2. The highest BCUT2D eigenvalue weighted by Crippen LogP contribution is 1.95. The molecule has 0 aliphatic carbocycles. The van der Waals surface area contributed by atoms with Crippen LogP contribution in [0.1, 0.15) is 6.92 Å². The quantitative estimate of drug-likeness (QED) is 0.519. The van der Waals surface area contributed by atoms with Crippen LogP contribution in [0.3, 0.4) is 0 Å². The van der Waals surface area contributed by atoms with E-state index in [1.807, 2.05) is 0 Å². The molecule has 10 heavy (non-hydrogen) atoms. The molecule has 0 atom stereocenters. The number of esters is 1. The third-order valence-corrected chi connectivity index (χ3v) is 0.734. The van der Waals surface area contributed by atoms with Gasteiger partial charge in [0.1, 0.15) is 0 Å². The predicted octanol–water partition coefficient (Wildman–Crippen LogP) is 0.202. The standard InChI is InChI=1S/C6H5N2O2/c1-5(9)10-6-7-3-2-4-8-6/h3-4H,1H3. The Morgan fingerprint density at radius 2 is 2.20 bits per heavy atom. The van der Waals surface area contributed by atoms with Crippen LogP contribution in [0.4, 0.5) is 0 Å². The highest BCUT2D eigenvalue weighted by Gasteiger charge is 1.96. The van der Waals surface area contributed by atoms with Gasteiger partial charge in [-0.2, -0.15) is 0 Å². The van der Waals surface area contributed by atoms with Crippen LogP contribution < -0.4 is 4.74 Å². The van der Waals surface area contributed by atoms with Gasteiger partial charge >= 0.3 is 12.0 Å². The van der Waals surface area contributed by atoms with E-state index < -0.39 is 5.97 Å². The molecule has 0 aromatic carbocycles. The topological polar surface area (TPSA) is 52.1 Å². The number of hydrogen-bond acceptors (Lipinski definition) is 4. The summed E-state index contributed by atoms with van der Waals surface area (Å²) in [5, 5.41) is 0. The maximum Gasteiger partial charge on any atom is 0.324 e. The van der Waals surface area contributed by atoms with Crippen molar-refractivity contribution in [2.75, 3.05) is 0 Å². The lowest BCUT2D eigenvalue weighted by Gasteiger charge is -1.94. The van der Waals surface area contributed by atoms with E-state index in [0.29, 0.717) is 0 Å². The van der Waals surface area contributed by atoms with Crippen molar-refractivity contribution in [2.45, 2.75) is 6.92 Å². The maximum absolute atomic E-state index is 10.3. The van der Waals surface area contributed by atoms with Crippen LogP contribution in [-0.2, 0) is 4.79 Å². The van der Waals surface area contributed by atoms with Gasteiger partial charge in [-0.3, -0.25) is 4.79 Å². The van der Waals surface area contributed by atoms with Crippen molar-refractivity contribution in [2.24, 2.45) is 0 Å². The highest BCUT2D eigenvalue weighted by atomic mass is 16.5. The molecule has 0 spiro atoms. The molecule has 0 unspecified atom stereocenters. The lowest BCUT2D eigenvalue weighted by Crippen LogP contribution is -2.03. The van der Waals surface area contributed by atoms with Gasteiger partial charge in [-0.25, -0.2) is 9.97 Å². The first-order valence-electron chi connectivity index (χ1n) is 2.65. The summed E-state index contributed by atoms with van der Waals surface area (Å²) in [5.41, 5.74) is 0. The number of ether oxygens (including phenoxy) is 1. The van der Waals surface area contributed by atoms with Gasteiger partial charge in [0, 0.05) is 25.4 Å². The molecule has 1 aromatic rings. The van der Waals surface area contributed by atoms with E-state index in [4.69, 9.17) is 0 Å². The second kappa shape index (κ2) is 2.91. The van der Waals surface area contributed by atoms with Gasteiger partial charge in [-0.1, -0.05) is 0 Å². The monoisotopic (exact) mass is 137 g/mol. The fourth-order valence-electron chi connectivity index (χ4n) is 0.433. The smallest absolute Gasteiger partial charge is 0.324 e. The number of carbonyl (C=O) groups excluding carboxylic acids is 1. The van der Waals surface area contributed by atoms with Crippen LogP contribution in [0.15, 0.2) is 12.4 Å². The summed E-state index contributed by atoms with van der Waals surface area (Å²) in [7, 11) is 0. The fourth-order valence-corrected chi connectivity index (χ4v) is 0.433. The van der Waals surface area contributed by atoms with Gasteiger partial charge in [0.2, 0.25) is 0 Å². The van der Waals surface area contributed by atoms with Crippen molar-refractivity contribution in [1.82, 2.24) is 9.97 Å². The van der Waals surface area contributed by atoms with Gasteiger partial charge < -0.3 is 4.74 Å². The minimum atomic E-state index is -0.425.